The fraction of sp³-hybridized carbons (Fsp3) is 0.700. The number of thiazole rings is 1. The Hall–Kier alpha value is -0.0600. The van der Waals surface area contributed by atoms with Gasteiger partial charge in [-0.05, 0) is 25.0 Å². The van der Waals surface area contributed by atoms with Crippen molar-refractivity contribution in [1.29, 1.82) is 0 Å². The van der Waals surface area contributed by atoms with E-state index < -0.39 is 0 Å². The molecule has 14 heavy (non-hydrogen) atoms. The topological polar surface area (TPSA) is 38.9 Å². The summed E-state index contributed by atoms with van der Waals surface area (Å²) in [5, 5.41) is 1.97. The molecule has 4 heteroatoms. The van der Waals surface area contributed by atoms with Crippen LogP contribution in [0.4, 0.5) is 0 Å². The highest BCUT2D eigenvalue weighted by molar-refractivity contribution is 7.99. The van der Waals surface area contributed by atoms with Gasteiger partial charge in [0, 0.05) is 11.4 Å². The Bertz CT molecular complexity index is 282. The Morgan fingerprint density at radius 2 is 2.43 bits per heavy atom. The van der Waals surface area contributed by atoms with Crippen molar-refractivity contribution >= 4 is 23.1 Å². The summed E-state index contributed by atoms with van der Waals surface area (Å²) in [5.74, 6) is 1.30. The third kappa shape index (κ3) is 1.97. The van der Waals surface area contributed by atoms with Crippen LogP contribution in [0.3, 0.4) is 0 Å². The second kappa shape index (κ2) is 4.64. The van der Waals surface area contributed by atoms with Gasteiger partial charge in [0.1, 0.15) is 5.01 Å². The monoisotopic (exact) mass is 228 g/mol. The molecule has 78 valence electrons. The van der Waals surface area contributed by atoms with Crippen molar-refractivity contribution in [3.8, 4) is 0 Å². The van der Waals surface area contributed by atoms with E-state index in [9.17, 15) is 0 Å². The highest BCUT2D eigenvalue weighted by Crippen LogP contribution is 2.42. The molecule has 1 aliphatic rings. The highest BCUT2D eigenvalue weighted by Gasteiger charge is 2.22. The van der Waals surface area contributed by atoms with Gasteiger partial charge in [-0.3, -0.25) is 0 Å². The van der Waals surface area contributed by atoms with Gasteiger partial charge in [0.05, 0.1) is 10.9 Å². The average Bonchev–Trinajstić information content (AvgIpc) is 2.85. The SMILES string of the molecule is CCc1nc(C2CCCS2)sc1CN. The number of nitrogens with two attached hydrogens (primary N) is 1. The molecule has 2 nitrogen and oxygen atoms in total. The molecule has 0 amide bonds. The van der Waals surface area contributed by atoms with Crippen LogP contribution < -0.4 is 5.73 Å². The summed E-state index contributed by atoms with van der Waals surface area (Å²) >= 11 is 3.87. The number of nitrogens with zero attached hydrogens (tertiary/aromatic N) is 1. The van der Waals surface area contributed by atoms with E-state index in [1.807, 2.05) is 23.1 Å². The standard InChI is InChI=1S/C10H16N2S2/c1-2-7-9(6-11)14-10(12-7)8-4-3-5-13-8/h8H,2-6,11H2,1H3. The fourth-order valence-electron chi connectivity index (χ4n) is 1.75. The second-order valence-electron chi connectivity index (χ2n) is 3.48. The molecule has 1 aromatic heterocycles. The summed E-state index contributed by atoms with van der Waals surface area (Å²) in [6.45, 7) is 2.80. The predicted molar refractivity (Wildman–Crippen MR) is 63.8 cm³/mol. The minimum absolute atomic E-state index is 0.651. The molecular formula is C10H16N2S2. The van der Waals surface area contributed by atoms with Crippen molar-refractivity contribution < 1.29 is 0 Å². The number of hydrogen-bond donors (Lipinski definition) is 1. The first-order valence-electron chi connectivity index (χ1n) is 5.15. The zero-order valence-corrected chi connectivity index (χ0v) is 10.1. The molecule has 2 heterocycles. The molecule has 0 aromatic carbocycles. The van der Waals surface area contributed by atoms with Gasteiger partial charge in [-0.2, -0.15) is 11.8 Å². The molecule has 0 aliphatic carbocycles. The van der Waals surface area contributed by atoms with Crippen molar-refractivity contribution in [2.45, 2.75) is 38.0 Å². The zero-order valence-electron chi connectivity index (χ0n) is 8.45. The van der Waals surface area contributed by atoms with Crippen LogP contribution in [0.15, 0.2) is 0 Å². The van der Waals surface area contributed by atoms with Crippen LogP contribution in [0.2, 0.25) is 0 Å². The third-order valence-electron chi connectivity index (χ3n) is 2.52. The summed E-state index contributed by atoms with van der Waals surface area (Å²) < 4.78 is 0. The largest absolute Gasteiger partial charge is 0.326 e. The van der Waals surface area contributed by atoms with Gasteiger partial charge in [-0.25, -0.2) is 4.98 Å². The molecule has 1 atom stereocenters. The summed E-state index contributed by atoms with van der Waals surface area (Å²) in [7, 11) is 0. The van der Waals surface area contributed by atoms with Crippen LogP contribution in [0.5, 0.6) is 0 Å². The molecule has 1 unspecified atom stereocenters. The second-order valence-corrected chi connectivity index (χ2v) is 5.91. The molecule has 2 N–H and O–H groups in total. The Morgan fingerprint density at radius 3 is 2.93 bits per heavy atom. The van der Waals surface area contributed by atoms with Gasteiger partial charge in [-0.15, -0.1) is 11.3 Å². The van der Waals surface area contributed by atoms with E-state index in [0.29, 0.717) is 11.8 Å². The number of rotatable bonds is 3. The van der Waals surface area contributed by atoms with E-state index in [2.05, 4.69) is 6.92 Å². The lowest BCUT2D eigenvalue weighted by Crippen LogP contribution is -1.97. The Labute approximate surface area is 93.3 Å². The maximum atomic E-state index is 5.70. The van der Waals surface area contributed by atoms with E-state index in [1.165, 1.54) is 34.2 Å². The van der Waals surface area contributed by atoms with E-state index >= 15 is 0 Å². The molecule has 1 fully saturated rings. The molecule has 1 saturated heterocycles. The van der Waals surface area contributed by atoms with Crippen molar-refractivity contribution in [3.63, 3.8) is 0 Å². The Balaban J connectivity index is 2.21. The highest BCUT2D eigenvalue weighted by atomic mass is 32.2. The summed E-state index contributed by atoms with van der Waals surface area (Å²) in [4.78, 5) is 5.99. The molecule has 0 saturated carbocycles. The average molecular weight is 228 g/mol. The van der Waals surface area contributed by atoms with Crippen LogP contribution in [0, 0.1) is 0 Å². The smallest absolute Gasteiger partial charge is 0.106 e. The maximum absolute atomic E-state index is 5.70. The Kier molecular flexibility index (Phi) is 3.47. The lowest BCUT2D eigenvalue weighted by atomic mass is 10.2. The minimum Gasteiger partial charge on any atom is -0.326 e. The number of aryl methyl sites for hydroxylation is 1. The van der Waals surface area contributed by atoms with E-state index in [0.717, 1.165) is 6.42 Å². The van der Waals surface area contributed by atoms with Gasteiger partial charge in [-0.1, -0.05) is 6.92 Å². The summed E-state index contributed by atoms with van der Waals surface area (Å²) in [6.07, 6.45) is 3.65. The van der Waals surface area contributed by atoms with Gasteiger partial charge >= 0.3 is 0 Å². The van der Waals surface area contributed by atoms with Crippen molar-refractivity contribution in [3.05, 3.63) is 15.6 Å². The molecule has 0 radical (unpaired) electrons. The first-order chi connectivity index (χ1) is 6.85. The third-order valence-corrected chi connectivity index (χ3v) is 5.29. The number of aromatic nitrogens is 1. The quantitative estimate of drug-likeness (QED) is 0.864. The molecule has 1 aromatic rings. The molecule has 0 bridgehead atoms. The van der Waals surface area contributed by atoms with E-state index in [-0.39, 0.29) is 0 Å². The van der Waals surface area contributed by atoms with Crippen LogP contribution in [-0.2, 0) is 13.0 Å². The lowest BCUT2D eigenvalue weighted by Gasteiger charge is -2.01. The van der Waals surface area contributed by atoms with Crippen LogP contribution in [0.25, 0.3) is 0 Å². The normalized spacial score (nSPS) is 21.7. The molecular weight excluding hydrogens is 212 g/mol. The van der Waals surface area contributed by atoms with E-state index in [1.54, 1.807) is 0 Å². The minimum atomic E-state index is 0.651. The first-order valence-corrected chi connectivity index (χ1v) is 7.01. The number of thioether (sulfide) groups is 1. The van der Waals surface area contributed by atoms with Gasteiger partial charge in [0.2, 0.25) is 0 Å². The van der Waals surface area contributed by atoms with Gasteiger partial charge in [0.15, 0.2) is 0 Å². The molecule has 0 spiro atoms. The predicted octanol–water partition coefficient (Wildman–Crippen LogP) is 2.73. The molecule has 2 rings (SSSR count). The van der Waals surface area contributed by atoms with Gasteiger partial charge in [0.25, 0.3) is 0 Å². The maximum Gasteiger partial charge on any atom is 0.106 e. The summed E-state index contributed by atoms with van der Waals surface area (Å²) in [5.41, 5.74) is 6.92. The van der Waals surface area contributed by atoms with Crippen LogP contribution in [-0.4, -0.2) is 10.7 Å². The number of hydrogen-bond acceptors (Lipinski definition) is 4. The molecule has 1 aliphatic heterocycles. The summed E-state index contributed by atoms with van der Waals surface area (Å²) in [6, 6.07) is 0. The first kappa shape index (κ1) is 10.5. The lowest BCUT2D eigenvalue weighted by molar-refractivity contribution is 0.816. The van der Waals surface area contributed by atoms with Crippen molar-refractivity contribution in [2.75, 3.05) is 5.75 Å². The fourth-order valence-corrected chi connectivity index (χ4v) is 4.29. The van der Waals surface area contributed by atoms with Gasteiger partial charge < -0.3 is 5.73 Å². The van der Waals surface area contributed by atoms with Crippen molar-refractivity contribution in [2.24, 2.45) is 5.73 Å². The van der Waals surface area contributed by atoms with E-state index in [4.69, 9.17) is 10.7 Å². The van der Waals surface area contributed by atoms with Crippen LogP contribution >= 0.6 is 23.1 Å². The Morgan fingerprint density at radius 1 is 1.57 bits per heavy atom. The zero-order chi connectivity index (χ0) is 9.97. The van der Waals surface area contributed by atoms with Crippen molar-refractivity contribution in [1.82, 2.24) is 4.98 Å². The van der Waals surface area contributed by atoms with Crippen LogP contribution in [0.1, 0.15) is 40.6 Å².